The van der Waals surface area contributed by atoms with E-state index in [4.69, 9.17) is 0 Å². The minimum absolute atomic E-state index is 1.30. The molecule has 0 heterocycles. The highest BCUT2D eigenvalue weighted by Gasteiger charge is 2.05. The Hall–Kier alpha value is -0.820. The van der Waals surface area contributed by atoms with E-state index in [1.165, 1.54) is 289 Å². The summed E-state index contributed by atoms with van der Waals surface area (Å²) in [7, 11) is 0. The molecule has 0 aliphatic carbocycles. The summed E-state index contributed by atoms with van der Waals surface area (Å²) >= 11 is 0. The van der Waals surface area contributed by atoms with Crippen LogP contribution in [-0.4, -0.2) is 24.5 Å². The van der Waals surface area contributed by atoms with Crippen molar-refractivity contribution in [1.29, 1.82) is 0 Å². The zero-order valence-electron chi connectivity index (χ0n) is 38.7. The molecule has 1 nitrogen and oxygen atoms in total. The lowest BCUT2D eigenvalue weighted by molar-refractivity contribution is 0.254. The van der Waals surface area contributed by atoms with E-state index < -0.39 is 0 Å². The Balaban J connectivity index is 4.05. The standard InChI is InChI=1S/C54H105N/c1-4-7-10-13-16-19-22-25-28-31-34-37-40-43-46-49-52-55(53-50-47-44-41-38-35-32-29-26-23-20-17-14-11-8-5-2)54-51-48-45-42-39-36-33-30-27-24-21-18-15-12-9-6-3/h25-30H,4-24,31-54H2,1-3H3/b28-25+,29-26+,30-27+. The first-order valence-corrected chi connectivity index (χ1v) is 26.0. The fourth-order valence-electron chi connectivity index (χ4n) is 8.08. The van der Waals surface area contributed by atoms with Gasteiger partial charge in [-0.2, -0.15) is 0 Å². The van der Waals surface area contributed by atoms with Crippen molar-refractivity contribution in [1.82, 2.24) is 4.90 Å². The number of nitrogens with zero attached hydrogens (tertiary/aromatic N) is 1. The third-order valence-corrected chi connectivity index (χ3v) is 12.0. The van der Waals surface area contributed by atoms with E-state index in [0.29, 0.717) is 0 Å². The van der Waals surface area contributed by atoms with Gasteiger partial charge in [-0.1, -0.05) is 231 Å². The molecular formula is C54H105N. The topological polar surface area (TPSA) is 3.24 Å². The first-order valence-electron chi connectivity index (χ1n) is 26.0. The summed E-state index contributed by atoms with van der Waals surface area (Å²) in [4.78, 5) is 2.86. The van der Waals surface area contributed by atoms with E-state index in [9.17, 15) is 0 Å². The third-order valence-electron chi connectivity index (χ3n) is 12.0. The summed E-state index contributed by atoms with van der Waals surface area (Å²) in [5.41, 5.74) is 0. The Morgan fingerprint density at radius 2 is 0.364 bits per heavy atom. The van der Waals surface area contributed by atoms with Crippen molar-refractivity contribution in [2.24, 2.45) is 0 Å². The maximum atomic E-state index is 2.86. The molecule has 0 spiro atoms. The molecule has 0 rings (SSSR count). The number of allylic oxidation sites excluding steroid dienone is 6. The molecule has 0 fully saturated rings. The fourth-order valence-corrected chi connectivity index (χ4v) is 8.08. The van der Waals surface area contributed by atoms with Crippen LogP contribution in [0.2, 0.25) is 0 Å². The van der Waals surface area contributed by atoms with Crippen molar-refractivity contribution >= 4 is 0 Å². The summed E-state index contributed by atoms with van der Waals surface area (Å²) < 4.78 is 0. The van der Waals surface area contributed by atoms with Gasteiger partial charge in [0.1, 0.15) is 0 Å². The lowest BCUT2D eigenvalue weighted by Gasteiger charge is -2.22. The molecule has 55 heavy (non-hydrogen) atoms. The molecule has 0 aliphatic rings. The zero-order valence-corrected chi connectivity index (χ0v) is 38.7. The van der Waals surface area contributed by atoms with Crippen LogP contribution in [0, 0.1) is 0 Å². The molecule has 0 aromatic heterocycles. The van der Waals surface area contributed by atoms with Crippen LogP contribution in [0.4, 0.5) is 0 Å². The highest BCUT2D eigenvalue weighted by molar-refractivity contribution is 4.82. The average molecular weight is 768 g/mol. The van der Waals surface area contributed by atoms with Gasteiger partial charge in [0.2, 0.25) is 0 Å². The predicted molar refractivity (Wildman–Crippen MR) is 255 cm³/mol. The van der Waals surface area contributed by atoms with E-state index in [1.807, 2.05) is 0 Å². The zero-order chi connectivity index (χ0) is 39.6. The number of unbranched alkanes of at least 4 members (excludes halogenated alkanes) is 36. The van der Waals surface area contributed by atoms with Crippen LogP contribution in [-0.2, 0) is 0 Å². The van der Waals surface area contributed by atoms with Crippen LogP contribution in [0.5, 0.6) is 0 Å². The van der Waals surface area contributed by atoms with Crippen molar-refractivity contribution in [3.05, 3.63) is 36.5 Å². The van der Waals surface area contributed by atoms with Crippen molar-refractivity contribution in [2.75, 3.05) is 19.6 Å². The summed E-state index contributed by atoms with van der Waals surface area (Å²) in [5.74, 6) is 0. The van der Waals surface area contributed by atoms with Gasteiger partial charge < -0.3 is 4.90 Å². The average Bonchev–Trinajstić information content (AvgIpc) is 3.20. The Labute approximate surface area is 350 Å². The van der Waals surface area contributed by atoms with Crippen molar-refractivity contribution in [3.63, 3.8) is 0 Å². The highest BCUT2D eigenvalue weighted by Crippen LogP contribution is 2.15. The van der Waals surface area contributed by atoms with Crippen molar-refractivity contribution in [3.8, 4) is 0 Å². The van der Waals surface area contributed by atoms with Crippen molar-refractivity contribution in [2.45, 2.75) is 290 Å². The molecule has 0 atom stereocenters. The first-order chi connectivity index (χ1) is 27.3. The normalized spacial score (nSPS) is 12.2. The van der Waals surface area contributed by atoms with Crippen LogP contribution in [0.1, 0.15) is 290 Å². The molecule has 0 bridgehead atoms. The Kier molecular flexibility index (Phi) is 50.4. The second-order valence-corrected chi connectivity index (χ2v) is 17.7. The van der Waals surface area contributed by atoms with E-state index in [2.05, 4.69) is 62.1 Å². The molecule has 326 valence electrons. The monoisotopic (exact) mass is 768 g/mol. The van der Waals surface area contributed by atoms with Gasteiger partial charge in [0.25, 0.3) is 0 Å². The van der Waals surface area contributed by atoms with Gasteiger partial charge in [0, 0.05) is 0 Å². The van der Waals surface area contributed by atoms with Crippen molar-refractivity contribution < 1.29 is 0 Å². The molecule has 0 unspecified atom stereocenters. The van der Waals surface area contributed by atoms with Gasteiger partial charge in [0.15, 0.2) is 0 Å². The molecular weight excluding hydrogens is 663 g/mol. The predicted octanol–water partition coefficient (Wildman–Crippen LogP) is 19.4. The summed E-state index contributed by atoms with van der Waals surface area (Å²) in [5, 5.41) is 0. The number of rotatable bonds is 48. The summed E-state index contributed by atoms with van der Waals surface area (Å²) in [6, 6.07) is 0. The molecule has 0 saturated carbocycles. The summed E-state index contributed by atoms with van der Waals surface area (Å²) in [6.07, 6.45) is 73.7. The van der Waals surface area contributed by atoms with Gasteiger partial charge >= 0.3 is 0 Å². The van der Waals surface area contributed by atoms with E-state index in [1.54, 1.807) is 0 Å². The molecule has 0 saturated heterocycles. The Morgan fingerprint density at radius 3 is 0.564 bits per heavy atom. The highest BCUT2D eigenvalue weighted by atomic mass is 15.1. The molecule has 0 N–H and O–H groups in total. The molecule has 0 amide bonds. The van der Waals surface area contributed by atoms with Gasteiger partial charge in [-0.3, -0.25) is 0 Å². The third kappa shape index (κ3) is 49.3. The smallest absolute Gasteiger partial charge is 0.00187 e. The van der Waals surface area contributed by atoms with Crippen LogP contribution in [0.3, 0.4) is 0 Å². The maximum Gasteiger partial charge on any atom is -0.00187 e. The second-order valence-electron chi connectivity index (χ2n) is 17.7. The summed E-state index contributed by atoms with van der Waals surface area (Å²) in [6.45, 7) is 11.0. The first kappa shape index (κ1) is 54.2. The molecule has 0 radical (unpaired) electrons. The molecule has 1 heteroatoms. The second kappa shape index (κ2) is 51.2. The largest absolute Gasteiger partial charge is 0.303 e. The van der Waals surface area contributed by atoms with Gasteiger partial charge in [-0.25, -0.2) is 0 Å². The minimum atomic E-state index is 1.30. The van der Waals surface area contributed by atoms with Gasteiger partial charge in [-0.05, 0) is 116 Å². The Bertz CT molecular complexity index is 648. The van der Waals surface area contributed by atoms with Crippen LogP contribution in [0.25, 0.3) is 0 Å². The quantitative estimate of drug-likeness (QED) is 0.0440. The van der Waals surface area contributed by atoms with Gasteiger partial charge in [0.05, 0.1) is 0 Å². The van der Waals surface area contributed by atoms with Crippen LogP contribution in [0.15, 0.2) is 36.5 Å². The van der Waals surface area contributed by atoms with Crippen LogP contribution >= 0.6 is 0 Å². The van der Waals surface area contributed by atoms with Crippen LogP contribution < -0.4 is 0 Å². The lowest BCUT2D eigenvalue weighted by Crippen LogP contribution is -2.27. The maximum absolute atomic E-state index is 2.86. The van der Waals surface area contributed by atoms with E-state index in [0.717, 1.165) is 0 Å². The minimum Gasteiger partial charge on any atom is -0.303 e. The fraction of sp³-hybridized carbons (Fsp3) is 0.889. The number of hydrogen-bond acceptors (Lipinski definition) is 1. The van der Waals surface area contributed by atoms with E-state index in [-0.39, 0.29) is 0 Å². The molecule has 0 aromatic rings. The number of hydrogen-bond donors (Lipinski definition) is 0. The van der Waals surface area contributed by atoms with E-state index >= 15 is 0 Å². The molecule has 0 aliphatic heterocycles. The Morgan fingerprint density at radius 1 is 0.200 bits per heavy atom. The molecule has 0 aromatic carbocycles. The lowest BCUT2D eigenvalue weighted by atomic mass is 10.1. The SMILES string of the molecule is CCCCCCCC/C=C/CCCCCCCCN(CCCCCCCC/C=C/CCCCCCCC)CCCCCCCC/C=C/CCCCCCCC. The van der Waals surface area contributed by atoms with Gasteiger partial charge in [-0.15, -0.1) is 0 Å².